The van der Waals surface area contributed by atoms with Crippen molar-refractivity contribution in [1.82, 2.24) is 0 Å². The van der Waals surface area contributed by atoms with Crippen LogP contribution in [0.2, 0.25) is 0 Å². The summed E-state index contributed by atoms with van der Waals surface area (Å²) in [7, 11) is -3.64. The lowest BCUT2D eigenvalue weighted by Crippen LogP contribution is -2.13. The molecule has 0 unspecified atom stereocenters. The number of aryl methyl sites for hydroxylation is 1. The van der Waals surface area contributed by atoms with Gasteiger partial charge in [-0.05, 0) is 37.6 Å². The molecule has 2 N–H and O–H groups in total. The fourth-order valence-electron chi connectivity index (χ4n) is 1.27. The van der Waals surface area contributed by atoms with E-state index in [0.717, 1.165) is 0 Å². The number of hydrogen-bond acceptors (Lipinski definition) is 3. The van der Waals surface area contributed by atoms with Crippen LogP contribution in [-0.2, 0) is 10.0 Å². The van der Waals surface area contributed by atoms with Crippen molar-refractivity contribution in [2.75, 3.05) is 6.61 Å². The van der Waals surface area contributed by atoms with E-state index in [1.165, 1.54) is 6.07 Å². The molecule has 16 heavy (non-hydrogen) atoms. The minimum atomic E-state index is -3.64. The van der Waals surface area contributed by atoms with Gasteiger partial charge in [0.2, 0.25) is 10.0 Å². The molecule has 0 fully saturated rings. The number of primary sulfonamides is 1. The van der Waals surface area contributed by atoms with Gasteiger partial charge in [-0.15, -0.1) is 0 Å². The lowest BCUT2D eigenvalue weighted by molar-refractivity contribution is 0.362. The van der Waals surface area contributed by atoms with Crippen LogP contribution < -0.4 is 9.88 Å². The molecule has 0 spiro atoms. The first-order valence-electron chi connectivity index (χ1n) is 4.82. The van der Waals surface area contributed by atoms with E-state index in [4.69, 9.17) is 9.88 Å². The van der Waals surface area contributed by atoms with E-state index >= 15 is 0 Å². The second-order valence-electron chi connectivity index (χ2n) is 3.35. The fourth-order valence-corrected chi connectivity index (χ4v) is 2.04. The Bertz CT molecular complexity index is 492. The quantitative estimate of drug-likeness (QED) is 0.814. The van der Waals surface area contributed by atoms with Gasteiger partial charge in [-0.3, -0.25) is 0 Å². The molecule has 0 aliphatic heterocycles. The summed E-state index contributed by atoms with van der Waals surface area (Å²) in [6.45, 7) is 4.05. The molecule has 1 aromatic rings. The molecule has 5 heteroatoms. The van der Waals surface area contributed by atoms with Crippen molar-refractivity contribution < 1.29 is 13.2 Å². The molecular formula is C11H15NO3S. The normalized spacial score (nSPS) is 11.9. The highest BCUT2D eigenvalue weighted by atomic mass is 32.2. The van der Waals surface area contributed by atoms with Gasteiger partial charge in [0, 0.05) is 0 Å². The van der Waals surface area contributed by atoms with Crippen molar-refractivity contribution in [3.63, 3.8) is 0 Å². The second-order valence-corrected chi connectivity index (χ2v) is 4.88. The SMILES string of the molecule is C/C=C/COc1ccc(S(N)(=O)=O)c(C)c1. The lowest BCUT2D eigenvalue weighted by atomic mass is 10.2. The van der Waals surface area contributed by atoms with Crippen molar-refractivity contribution in [2.24, 2.45) is 5.14 Å². The molecule has 0 atom stereocenters. The van der Waals surface area contributed by atoms with Crippen LogP contribution in [0.25, 0.3) is 0 Å². The second kappa shape index (κ2) is 5.14. The van der Waals surface area contributed by atoms with Crippen molar-refractivity contribution in [2.45, 2.75) is 18.7 Å². The largest absolute Gasteiger partial charge is 0.490 e. The zero-order valence-electron chi connectivity index (χ0n) is 9.30. The molecule has 0 aromatic heterocycles. The number of sulfonamides is 1. The van der Waals surface area contributed by atoms with Crippen LogP contribution >= 0.6 is 0 Å². The maximum atomic E-state index is 11.2. The Morgan fingerprint density at radius 3 is 2.62 bits per heavy atom. The molecule has 0 amide bonds. The van der Waals surface area contributed by atoms with Crippen LogP contribution in [0.3, 0.4) is 0 Å². The highest BCUT2D eigenvalue weighted by molar-refractivity contribution is 7.89. The summed E-state index contributed by atoms with van der Waals surface area (Å²) in [5, 5.41) is 5.05. The van der Waals surface area contributed by atoms with Gasteiger partial charge in [-0.1, -0.05) is 12.2 Å². The summed E-state index contributed by atoms with van der Waals surface area (Å²) in [6, 6.07) is 4.70. The average Bonchev–Trinajstić information content (AvgIpc) is 2.16. The number of allylic oxidation sites excluding steroid dienone is 1. The number of benzene rings is 1. The number of nitrogens with two attached hydrogens (primary N) is 1. The third-order valence-electron chi connectivity index (χ3n) is 2.03. The Morgan fingerprint density at radius 1 is 1.44 bits per heavy atom. The average molecular weight is 241 g/mol. The summed E-state index contributed by atoms with van der Waals surface area (Å²) in [4.78, 5) is 0.130. The third kappa shape index (κ3) is 3.36. The first kappa shape index (κ1) is 12.7. The van der Waals surface area contributed by atoms with Crippen LogP contribution in [0.4, 0.5) is 0 Å². The maximum absolute atomic E-state index is 11.2. The molecule has 0 saturated carbocycles. The van der Waals surface area contributed by atoms with E-state index in [1.54, 1.807) is 19.1 Å². The van der Waals surface area contributed by atoms with Gasteiger partial charge >= 0.3 is 0 Å². The molecule has 0 aliphatic rings. The topological polar surface area (TPSA) is 69.4 Å². The lowest BCUT2D eigenvalue weighted by Gasteiger charge is -2.07. The summed E-state index contributed by atoms with van der Waals surface area (Å²) in [5.74, 6) is 0.628. The maximum Gasteiger partial charge on any atom is 0.238 e. The molecule has 0 bridgehead atoms. The van der Waals surface area contributed by atoms with E-state index in [9.17, 15) is 8.42 Å². The molecule has 88 valence electrons. The molecule has 0 aliphatic carbocycles. The minimum absolute atomic E-state index is 0.130. The van der Waals surface area contributed by atoms with Gasteiger partial charge in [0.05, 0.1) is 4.90 Å². The van der Waals surface area contributed by atoms with E-state index in [2.05, 4.69) is 0 Å². The van der Waals surface area contributed by atoms with E-state index in [-0.39, 0.29) is 4.90 Å². The Hall–Kier alpha value is -1.33. The van der Waals surface area contributed by atoms with Crippen LogP contribution in [0.5, 0.6) is 5.75 Å². The van der Waals surface area contributed by atoms with Crippen LogP contribution in [-0.4, -0.2) is 15.0 Å². The predicted molar refractivity (Wildman–Crippen MR) is 62.9 cm³/mol. The van der Waals surface area contributed by atoms with Crippen molar-refractivity contribution in [3.8, 4) is 5.75 Å². The van der Waals surface area contributed by atoms with Gasteiger partial charge in [-0.25, -0.2) is 13.6 Å². The summed E-state index contributed by atoms with van der Waals surface area (Å²) < 4.78 is 27.7. The van der Waals surface area contributed by atoms with Gasteiger partial charge in [-0.2, -0.15) is 0 Å². The fraction of sp³-hybridized carbons (Fsp3) is 0.273. The molecule has 0 radical (unpaired) electrons. The van der Waals surface area contributed by atoms with Crippen LogP contribution in [0.15, 0.2) is 35.2 Å². The van der Waals surface area contributed by atoms with Crippen molar-refractivity contribution >= 4 is 10.0 Å². The van der Waals surface area contributed by atoms with Crippen LogP contribution in [0.1, 0.15) is 12.5 Å². The molecule has 0 heterocycles. The first-order chi connectivity index (χ1) is 7.45. The van der Waals surface area contributed by atoms with Gasteiger partial charge in [0.25, 0.3) is 0 Å². The zero-order valence-corrected chi connectivity index (χ0v) is 10.1. The Labute approximate surface area is 95.8 Å². The molecule has 1 aromatic carbocycles. The molecular weight excluding hydrogens is 226 g/mol. The van der Waals surface area contributed by atoms with E-state index < -0.39 is 10.0 Å². The Morgan fingerprint density at radius 2 is 2.12 bits per heavy atom. The highest BCUT2D eigenvalue weighted by Gasteiger charge is 2.11. The Balaban J connectivity index is 2.92. The third-order valence-corrected chi connectivity index (χ3v) is 3.11. The molecule has 1 rings (SSSR count). The van der Waals surface area contributed by atoms with Crippen molar-refractivity contribution in [1.29, 1.82) is 0 Å². The van der Waals surface area contributed by atoms with Crippen LogP contribution in [0, 0.1) is 6.92 Å². The summed E-state index contributed by atoms with van der Waals surface area (Å²) >= 11 is 0. The van der Waals surface area contributed by atoms with Gasteiger partial charge in [0.15, 0.2) is 0 Å². The smallest absolute Gasteiger partial charge is 0.238 e. The molecule has 4 nitrogen and oxygen atoms in total. The zero-order chi connectivity index (χ0) is 12.2. The summed E-state index contributed by atoms with van der Waals surface area (Å²) in [5.41, 5.74) is 0.584. The first-order valence-corrected chi connectivity index (χ1v) is 6.37. The van der Waals surface area contributed by atoms with Crippen molar-refractivity contribution in [3.05, 3.63) is 35.9 Å². The monoisotopic (exact) mass is 241 g/mol. The van der Waals surface area contributed by atoms with E-state index in [0.29, 0.717) is 17.9 Å². The van der Waals surface area contributed by atoms with E-state index in [1.807, 2.05) is 19.1 Å². The highest BCUT2D eigenvalue weighted by Crippen LogP contribution is 2.20. The summed E-state index contributed by atoms with van der Waals surface area (Å²) in [6.07, 6.45) is 3.74. The molecule has 0 saturated heterocycles. The number of rotatable bonds is 4. The van der Waals surface area contributed by atoms with Gasteiger partial charge < -0.3 is 4.74 Å². The predicted octanol–water partition coefficient (Wildman–Crippen LogP) is 1.60. The number of ether oxygens (including phenoxy) is 1. The Kier molecular flexibility index (Phi) is 4.09. The van der Waals surface area contributed by atoms with Gasteiger partial charge in [0.1, 0.15) is 12.4 Å². The standard InChI is InChI=1S/C11H15NO3S/c1-3-4-7-15-10-5-6-11(9(2)8-10)16(12,13)14/h3-6,8H,7H2,1-2H3,(H2,12,13,14)/b4-3+. The number of hydrogen-bond donors (Lipinski definition) is 1. The minimum Gasteiger partial charge on any atom is -0.490 e.